The molecule has 1 aliphatic heterocycles. The zero-order valence-electron chi connectivity index (χ0n) is 15.5. The number of nitrogens with zero attached hydrogens (tertiary/aromatic N) is 2. The summed E-state index contributed by atoms with van der Waals surface area (Å²) in [6.45, 7) is 1.34. The molecule has 0 aliphatic carbocycles. The molecule has 0 radical (unpaired) electrons. The summed E-state index contributed by atoms with van der Waals surface area (Å²) in [7, 11) is 0. The summed E-state index contributed by atoms with van der Waals surface area (Å²) in [5.74, 6) is -0.842. The number of fused-ring (bicyclic) bond motifs is 2. The fraction of sp³-hybridized carbons (Fsp3) is 0.227. The van der Waals surface area contributed by atoms with E-state index in [-0.39, 0.29) is 12.5 Å². The van der Waals surface area contributed by atoms with Crippen LogP contribution in [0.4, 0.5) is 5.69 Å². The van der Waals surface area contributed by atoms with Crippen molar-refractivity contribution < 1.29 is 19.4 Å². The van der Waals surface area contributed by atoms with Crippen LogP contribution in [0.25, 0.3) is 10.8 Å². The molecule has 1 unspecified atom stereocenters. The molecule has 142 valence electrons. The molecular formula is C22H20N2O4. The van der Waals surface area contributed by atoms with Gasteiger partial charge in [0.15, 0.2) is 6.61 Å². The fourth-order valence-corrected chi connectivity index (χ4v) is 3.73. The number of carboxylic acid groups (broad SMARTS) is 1. The highest BCUT2D eigenvalue weighted by Crippen LogP contribution is 2.37. The number of carbonyl (C=O) groups excluding carboxylic acids is 1. The van der Waals surface area contributed by atoms with Gasteiger partial charge in [-0.2, -0.15) is 0 Å². The lowest BCUT2D eigenvalue weighted by molar-refractivity contribution is -0.145. The predicted molar refractivity (Wildman–Crippen MR) is 106 cm³/mol. The maximum absolute atomic E-state index is 13.1. The van der Waals surface area contributed by atoms with E-state index in [1.165, 1.54) is 4.90 Å². The molecule has 6 heteroatoms. The monoisotopic (exact) mass is 376 g/mol. The lowest BCUT2D eigenvalue weighted by Crippen LogP contribution is -2.59. The van der Waals surface area contributed by atoms with Crippen LogP contribution in [0.15, 0.2) is 60.9 Å². The van der Waals surface area contributed by atoms with Crippen molar-refractivity contribution in [3.8, 4) is 5.75 Å². The second-order valence-electron chi connectivity index (χ2n) is 7.08. The largest absolute Gasteiger partial charge is 0.483 e. The summed E-state index contributed by atoms with van der Waals surface area (Å²) in [5.41, 5.74) is 0.289. The van der Waals surface area contributed by atoms with Gasteiger partial charge < -0.3 is 9.84 Å². The quantitative estimate of drug-likeness (QED) is 0.755. The number of anilines is 1. The van der Waals surface area contributed by atoms with E-state index < -0.39 is 11.5 Å². The number of pyridine rings is 1. The highest BCUT2D eigenvalue weighted by molar-refractivity contribution is 6.03. The van der Waals surface area contributed by atoms with E-state index in [0.29, 0.717) is 24.3 Å². The van der Waals surface area contributed by atoms with Gasteiger partial charge in [-0.1, -0.05) is 30.3 Å². The molecule has 1 aliphatic rings. The van der Waals surface area contributed by atoms with Crippen molar-refractivity contribution in [1.82, 2.24) is 4.98 Å². The van der Waals surface area contributed by atoms with Crippen LogP contribution < -0.4 is 9.64 Å². The number of aliphatic carboxylic acids is 1. The first-order valence-corrected chi connectivity index (χ1v) is 9.10. The van der Waals surface area contributed by atoms with Gasteiger partial charge in [-0.3, -0.25) is 14.7 Å². The lowest BCUT2D eigenvalue weighted by atomic mass is 9.85. The number of hydrogen-bond donors (Lipinski definition) is 1. The molecule has 3 aromatic rings. The molecule has 28 heavy (non-hydrogen) atoms. The Hall–Kier alpha value is -3.41. The summed E-state index contributed by atoms with van der Waals surface area (Å²) in [6, 6.07) is 14.8. The molecule has 1 amide bonds. The number of aryl methyl sites for hydroxylation is 1. The Labute approximate surface area is 162 Å². The first-order valence-electron chi connectivity index (χ1n) is 9.10. The molecule has 1 N–H and O–H groups in total. The number of benzene rings is 2. The Morgan fingerprint density at radius 1 is 1.18 bits per heavy atom. The van der Waals surface area contributed by atoms with Crippen molar-refractivity contribution in [2.75, 3.05) is 11.5 Å². The third kappa shape index (κ3) is 2.97. The summed E-state index contributed by atoms with van der Waals surface area (Å²) >= 11 is 0. The number of carboxylic acids is 1. The normalized spacial score (nSPS) is 18.5. The van der Waals surface area contributed by atoms with E-state index in [0.717, 1.165) is 16.3 Å². The number of hydrogen-bond acceptors (Lipinski definition) is 4. The fourth-order valence-electron chi connectivity index (χ4n) is 3.73. The summed E-state index contributed by atoms with van der Waals surface area (Å²) in [5, 5.41) is 11.6. The second-order valence-corrected chi connectivity index (χ2v) is 7.08. The van der Waals surface area contributed by atoms with Crippen LogP contribution >= 0.6 is 0 Å². The van der Waals surface area contributed by atoms with Crippen LogP contribution in [0.2, 0.25) is 0 Å². The topological polar surface area (TPSA) is 79.7 Å². The second kappa shape index (κ2) is 6.96. The van der Waals surface area contributed by atoms with Gasteiger partial charge in [0.1, 0.15) is 11.3 Å². The Bertz CT molecular complexity index is 1060. The van der Waals surface area contributed by atoms with E-state index in [1.54, 1.807) is 31.5 Å². The van der Waals surface area contributed by atoms with Crippen molar-refractivity contribution in [3.63, 3.8) is 0 Å². The van der Waals surface area contributed by atoms with Gasteiger partial charge in [-0.15, -0.1) is 0 Å². The van der Waals surface area contributed by atoms with Gasteiger partial charge >= 0.3 is 5.97 Å². The molecule has 6 nitrogen and oxygen atoms in total. The average Bonchev–Trinajstić information content (AvgIpc) is 2.71. The van der Waals surface area contributed by atoms with Crippen LogP contribution in [0.1, 0.15) is 18.9 Å². The minimum atomic E-state index is -1.31. The maximum Gasteiger partial charge on any atom is 0.329 e. The SMILES string of the molecule is CC1(C(=O)O)CCc2ccccc2N1C(=O)COc1cccc2cnccc12. The Morgan fingerprint density at radius 3 is 2.82 bits per heavy atom. The Kier molecular flexibility index (Phi) is 4.47. The number of aromatic nitrogens is 1. The minimum absolute atomic E-state index is 0.251. The number of amides is 1. The van der Waals surface area contributed by atoms with E-state index >= 15 is 0 Å². The zero-order valence-corrected chi connectivity index (χ0v) is 15.5. The van der Waals surface area contributed by atoms with Crippen molar-refractivity contribution >= 4 is 28.3 Å². The van der Waals surface area contributed by atoms with E-state index in [2.05, 4.69) is 4.98 Å². The van der Waals surface area contributed by atoms with Crippen LogP contribution in [-0.2, 0) is 16.0 Å². The van der Waals surface area contributed by atoms with Crippen LogP contribution in [0, 0.1) is 0 Å². The number of rotatable bonds is 4. The van der Waals surface area contributed by atoms with Crippen LogP contribution in [-0.4, -0.2) is 34.1 Å². The van der Waals surface area contributed by atoms with Crippen molar-refractivity contribution in [2.24, 2.45) is 0 Å². The molecule has 0 fully saturated rings. The molecule has 0 saturated heterocycles. The van der Waals surface area contributed by atoms with Gasteiger partial charge in [-0.05, 0) is 43.5 Å². The van der Waals surface area contributed by atoms with Crippen LogP contribution in [0.5, 0.6) is 5.75 Å². The van der Waals surface area contributed by atoms with Crippen LogP contribution in [0.3, 0.4) is 0 Å². The van der Waals surface area contributed by atoms with Gasteiger partial charge in [0.25, 0.3) is 5.91 Å². The summed E-state index contributed by atoms with van der Waals surface area (Å²) in [6.07, 6.45) is 4.36. The number of ether oxygens (including phenoxy) is 1. The molecule has 0 saturated carbocycles. The third-order valence-corrected chi connectivity index (χ3v) is 5.31. The molecule has 1 atom stereocenters. The summed E-state index contributed by atoms with van der Waals surface area (Å²) < 4.78 is 5.81. The standard InChI is InChI=1S/C22H20N2O4/c1-22(21(26)27)11-9-15-5-2-3-7-18(15)24(22)20(25)14-28-19-8-4-6-16-13-23-12-10-17(16)19/h2-8,10,12-13H,9,11,14H2,1H3,(H,26,27). The maximum atomic E-state index is 13.1. The van der Waals surface area contributed by atoms with Crippen molar-refractivity contribution in [3.05, 3.63) is 66.5 Å². The molecule has 2 aromatic carbocycles. The number of carbonyl (C=O) groups is 2. The first-order chi connectivity index (χ1) is 13.5. The highest BCUT2D eigenvalue weighted by Gasteiger charge is 2.46. The third-order valence-electron chi connectivity index (χ3n) is 5.31. The van der Waals surface area contributed by atoms with Gasteiger partial charge in [0.2, 0.25) is 0 Å². The van der Waals surface area contributed by atoms with Gasteiger partial charge in [0.05, 0.1) is 0 Å². The van der Waals surface area contributed by atoms with E-state index in [1.807, 2.05) is 36.4 Å². The zero-order chi connectivity index (χ0) is 19.7. The molecule has 0 spiro atoms. The smallest absolute Gasteiger partial charge is 0.329 e. The predicted octanol–water partition coefficient (Wildman–Crippen LogP) is 3.44. The minimum Gasteiger partial charge on any atom is -0.483 e. The lowest BCUT2D eigenvalue weighted by Gasteiger charge is -2.42. The average molecular weight is 376 g/mol. The highest BCUT2D eigenvalue weighted by atomic mass is 16.5. The van der Waals surface area contributed by atoms with E-state index in [4.69, 9.17) is 4.74 Å². The molecule has 1 aromatic heterocycles. The number of para-hydroxylation sites is 1. The van der Waals surface area contributed by atoms with Gasteiger partial charge in [-0.25, -0.2) is 4.79 Å². The van der Waals surface area contributed by atoms with Gasteiger partial charge in [0, 0.05) is 28.9 Å². The first kappa shape index (κ1) is 18.0. The Balaban J connectivity index is 1.65. The Morgan fingerprint density at radius 2 is 2.00 bits per heavy atom. The van der Waals surface area contributed by atoms with Crippen molar-refractivity contribution in [1.29, 1.82) is 0 Å². The van der Waals surface area contributed by atoms with E-state index in [9.17, 15) is 14.7 Å². The molecular weight excluding hydrogens is 356 g/mol. The summed E-state index contributed by atoms with van der Waals surface area (Å²) in [4.78, 5) is 30.6. The van der Waals surface area contributed by atoms with Crippen molar-refractivity contribution in [2.45, 2.75) is 25.3 Å². The molecule has 4 rings (SSSR count). The molecule has 2 heterocycles. The molecule has 0 bridgehead atoms.